The van der Waals surface area contributed by atoms with E-state index in [1.54, 1.807) is 4.68 Å². The molecule has 2 aromatic rings. The van der Waals surface area contributed by atoms with Gasteiger partial charge in [0.25, 0.3) is 5.88 Å². The van der Waals surface area contributed by atoms with Crippen LogP contribution in [0, 0.1) is 6.92 Å². The van der Waals surface area contributed by atoms with Crippen molar-refractivity contribution in [3.8, 4) is 5.88 Å². The van der Waals surface area contributed by atoms with Crippen LogP contribution >= 0.6 is 11.6 Å². The molecule has 0 saturated carbocycles. The molecule has 146 valence electrons. The van der Waals surface area contributed by atoms with Crippen LogP contribution in [0.4, 0.5) is 21.8 Å². The zero-order valence-electron chi connectivity index (χ0n) is 15.2. The Morgan fingerprint density at radius 2 is 2.19 bits per heavy atom. The lowest BCUT2D eigenvalue weighted by atomic mass is 10.1. The molecule has 0 aromatic carbocycles. The molecule has 0 aliphatic carbocycles. The maximum absolute atomic E-state index is 14.4. The summed E-state index contributed by atoms with van der Waals surface area (Å²) >= 11 is 6.19. The zero-order valence-corrected chi connectivity index (χ0v) is 16.0. The molecule has 2 unspecified atom stereocenters. The number of hydrogen-bond acceptors (Lipinski definition) is 7. The van der Waals surface area contributed by atoms with Crippen LogP contribution in [0.2, 0.25) is 5.02 Å². The van der Waals surface area contributed by atoms with E-state index in [4.69, 9.17) is 21.1 Å². The summed E-state index contributed by atoms with van der Waals surface area (Å²) in [6.07, 6.45) is 1.60. The largest absolute Gasteiger partial charge is 0.475 e. The molecule has 4 heterocycles. The van der Waals surface area contributed by atoms with Gasteiger partial charge in [-0.3, -0.25) is 4.68 Å². The Bertz CT molecular complexity index is 832. The Morgan fingerprint density at radius 3 is 3.00 bits per heavy atom. The van der Waals surface area contributed by atoms with Gasteiger partial charge in [-0.2, -0.15) is 4.98 Å². The summed E-state index contributed by atoms with van der Waals surface area (Å²) < 4.78 is 27.4. The van der Waals surface area contributed by atoms with E-state index in [1.807, 2.05) is 13.8 Å². The van der Waals surface area contributed by atoms with Gasteiger partial charge in [-0.1, -0.05) is 11.6 Å². The standard InChI is InChI=1S/C17H22ClFN6O2/c1-9-3-6-27-16-14(22-17-20-7-11(18)15(21-9)23-17)10(2)25(24-16)13-8-26-5-4-12(13)19/h7,9,12-13H,3-6,8H2,1-2H3,(H2,20,21,22,23)/t9-,12?,13?/m1/s1. The third-order valence-electron chi connectivity index (χ3n) is 4.83. The highest BCUT2D eigenvalue weighted by Crippen LogP contribution is 2.35. The number of ether oxygens (including phenoxy) is 2. The van der Waals surface area contributed by atoms with Gasteiger partial charge in [0.2, 0.25) is 5.95 Å². The average molecular weight is 397 g/mol. The molecule has 3 atom stereocenters. The van der Waals surface area contributed by atoms with Gasteiger partial charge in [-0.25, -0.2) is 9.37 Å². The Hall–Kier alpha value is -2.13. The average Bonchev–Trinajstić information content (AvgIpc) is 2.93. The molecule has 0 radical (unpaired) electrons. The predicted octanol–water partition coefficient (Wildman–Crippen LogP) is 3.26. The molecule has 10 heteroatoms. The van der Waals surface area contributed by atoms with Gasteiger partial charge in [-0.05, 0) is 13.8 Å². The number of halogens is 2. The second kappa shape index (κ2) is 7.47. The SMILES string of the molecule is Cc1c2c(nn1C1COCCC1F)OCC[C@@H](C)Nc1nc(ncc1Cl)N2. The summed E-state index contributed by atoms with van der Waals surface area (Å²) in [7, 11) is 0. The van der Waals surface area contributed by atoms with Crippen molar-refractivity contribution in [2.24, 2.45) is 0 Å². The van der Waals surface area contributed by atoms with Crippen molar-refractivity contribution in [2.75, 3.05) is 30.5 Å². The first-order valence-electron chi connectivity index (χ1n) is 9.02. The number of alkyl halides is 1. The third kappa shape index (κ3) is 3.66. The predicted molar refractivity (Wildman–Crippen MR) is 99.9 cm³/mol. The monoisotopic (exact) mass is 396 g/mol. The fourth-order valence-electron chi connectivity index (χ4n) is 3.26. The van der Waals surface area contributed by atoms with Gasteiger partial charge in [0.15, 0.2) is 5.82 Å². The van der Waals surface area contributed by atoms with Gasteiger partial charge in [0.05, 0.1) is 25.1 Å². The number of fused-ring (bicyclic) bond motifs is 3. The lowest BCUT2D eigenvalue weighted by molar-refractivity contribution is 0.00232. The summed E-state index contributed by atoms with van der Waals surface area (Å²) in [4.78, 5) is 8.68. The zero-order chi connectivity index (χ0) is 19.0. The van der Waals surface area contributed by atoms with Gasteiger partial charge in [0, 0.05) is 25.5 Å². The topological polar surface area (TPSA) is 86.1 Å². The molecule has 2 aliphatic rings. The second-order valence-corrected chi connectivity index (χ2v) is 7.26. The van der Waals surface area contributed by atoms with Gasteiger partial charge < -0.3 is 20.1 Å². The molecule has 2 bridgehead atoms. The first-order valence-corrected chi connectivity index (χ1v) is 9.40. The molecule has 2 N–H and O–H groups in total. The van der Waals surface area contributed by atoms with E-state index in [1.165, 1.54) is 6.20 Å². The molecular weight excluding hydrogens is 375 g/mol. The van der Waals surface area contributed by atoms with Crippen molar-refractivity contribution in [3.63, 3.8) is 0 Å². The first-order chi connectivity index (χ1) is 13.0. The van der Waals surface area contributed by atoms with E-state index in [9.17, 15) is 4.39 Å². The number of aromatic nitrogens is 4. The lowest BCUT2D eigenvalue weighted by Crippen LogP contribution is -2.32. The van der Waals surface area contributed by atoms with Crippen LogP contribution in [0.15, 0.2) is 6.20 Å². The molecule has 1 fully saturated rings. The van der Waals surface area contributed by atoms with Crippen molar-refractivity contribution >= 4 is 29.1 Å². The summed E-state index contributed by atoms with van der Waals surface area (Å²) in [6, 6.07) is -0.385. The van der Waals surface area contributed by atoms with Gasteiger partial charge in [-0.15, -0.1) is 5.10 Å². The van der Waals surface area contributed by atoms with E-state index in [0.29, 0.717) is 48.0 Å². The summed E-state index contributed by atoms with van der Waals surface area (Å²) in [5.74, 6) is 1.32. The van der Waals surface area contributed by atoms with Crippen LogP contribution < -0.4 is 15.4 Å². The number of nitrogens with zero attached hydrogens (tertiary/aromatic N) is 4. The summed E-state index contributed by atoms with van der Waals surface area (Å²) in [5.41, 5.74) is 1.36. The van der Waals surface area contributed by atoms with Crippen LogP contribution in [0.3, 0.4) is 0 Å². The molecule has 2 aliphatic heterocycles. The normalized spacial score (nSPS) is 25.4. The minimum atomic E-state index is -1.01. The van der Waals surface area contributed by atoms with Gasteiger partial charge in [0.1, 0.15) is 22.9 Å². The fraction of sp³-hybridized carbons (Fsp3) is 0.588. The summed E-state index contributed by atoms with van der Waals surface area (Å²) in [5, 5.41) is 11.4. The van der Waals surface area contributed by atoms with Crippen molar-refractivity contribution < 1.29 is 13.9 Å². The van der Waals surface area contributed by atoms with Crippen molar-refractivity contribution in [2.45, 2.75) is 44.9 Å². The highest BCUT2D eigenvalue weighted by Gasteiger charge is 2.31. The van der Waals surface area contributed by atoms with Crippen LogP contribution in [0.5, 0.6) is 5.88 Å². The molecule has 0 spiro atoms. The fourth-order valence-corrected chi connectivity index (χ4v) is 3.40. The molecule has 4 rings (SSSR count). The van der Waals surface area contributed by atoms with Crippen molar-refractivity contribution in [1.82, 2.24) is 19.7 Å². The van der Waals surface area contributed by atoms with Gasteiger partial charge >= 0.3 is 0 Å². The van der Waals surface area contributed by atoms with E-state index in [-0.39, 0.29) is 12.6 Å². The lowest BCUT2D eigenvalue weighted by Gasteiger charge is -2.27. The number of anilines is 3. The second-order valence-electron chi connectivity index (χ2n) is 6.85. The van der Waals surface area contributed by atoms with E-state index in [2.05, 4.69) is 25.7 Å². The smallest absolute Gasteiger partial charge is 0.257 e. The Balaban J connectivity index is 1.73. The Labute approximate surface area is 161 Å². The number of nitrogens with one attached hydrogen (secondary N) is 2. The summed E-state index contributed by atoms with van der Waals surface area (Å²) in [6.45, 7) is 5.04. The quantitative estimate of drug-likeness (QED) is 0.765. The van der Waals surface area contributed by atoms with E-state index < -0.39 is 12.2 Å². The van der Waals surface area contributed by atoms with Crippen molar-refractivity contribution in [1.29, 1.82) is 0 Å². The minimum absolute atomic E-state index is 0.0944. The maximum Gasteiger partial charge on any atom is 0.257 e. The molecule has 27 heavy (non-hydrogen) atoms. The minimum Gasteiger partial charge on any atom is -0.475 e. The van der Waals surface area contributed by atoms with Crippen LogP contribution in [-0.4, -0.2) is 51.8 Å². The third-order valence-corrected chi connectivity index (χ3v) is 5.11. The number of hydrogen-bond donors (Lipinski definition) is 2. The Morgan fingerprint density at radius 1 is 1.33 bits per heavy atom. The van der Waals surface area contributed by atoms with Crippen molar-refractivity contribution in [3.05, 3.63) is 16.9 Å². The highest BCUT2D eigenvalue weighted by atomic mass is 35.5. The van der Waals surface area contributed by atoms with E-state index in [0.717, 1.165) is 12.1 Å². The molecular formula is C17H22ClFN6O2. The Kier molecular flexibility index (Phi) is 5.05. The first kappa shape index (κ1) is 18.2. The van der Waals surface area contributed by atoms with E-state index >= 15 is 0 Å². The van der Waals surface area contributed by atoms with Crippen LogP contribution in [-0.2, 0) is 4.74 Å². The molecule has 0 amide bonds. The highest BCUT2D eigenvalue weighted by molar-refractivity contribution is 6.32. The molecule has 8 nitrogen and oxygen atoms in total. The maximum atomic E-state index is 14.4. The van der Waals surface area contributed by atoms with Crippen LogP contribution in [0.25, 0.3) is 0 Å². The number of rotatable bonds is 1. The van der Waals surface area contributed by atoms with Crippen LogP contribution in [0.1, 0.15) is 31.5 Å². The molecule has 2 aromatic heterocycles. The molecule has 1 saturated heterocycles.